The minimum atomic E-state index is 0.650. The molecule has 1 aromatic heterocycles. The Morgan fingerprint density at radius 3 is 1.38 bits per heavy atom. The number of nitrogens with zero attached hydrogens (tertiary/aromatic N) is 4. The number of benzene rings is 9. The molecule has 0 aliphatic carbocycles. The van der Waals surface area contributed by atoms with Gasteiger partial charge in [0.05, 0.1) is 12.3 Å². The standard InChI is InChI=1S/C51H32N4/c1-52-42-27-23-37(24-28-42)35-17-15-34(16-18-35)36-19-21-39(22-20-36)49-33-51-50(32-48(49)38-9-3-2-4-10-38)53-55(54-51)43-29-25-40(26-30-43)47-31-41-11-5-6-12-44(41)45-13-7-8-14-46(45)47/h2-33H. The van der Waals surface area contributed by atoms with E-state index in [0.29, 0.717) is 5.69 Å². The van der Waals surface area contributed by atoms with E-state index < -0.39 is 0 Å². The van der Waals surface area contributed by atoms with E-state index in [1.807, 2.05) is 30.3 Å². The summed E-state index contributed by atoms with van der Waals surface area (Å²) in [5, 5.41) is 15.0. The summed E-state index contributed by atoms with van der Waals surface area (Å²) in [4.78, 5) is 5.25. The van der Waals surface area contributed by atoms with Crippen molar-refractivity contribution in [1.29, 1.82) is 0 Å². The second-order valence-electron chi connectivity index (χ2n) is 13.8. The van der Waals surface area contributed by atoms with E-state index in [-0.39, 0.29) is 0 Å². The van der Waals surface area contributed by atoms with Crippen molar-refractivity contribution in [3.63, 3.8) is 0 Å². The molecule has 4 heteroatoms. The lowest BCUT2D eigenvalue weighted by Crippen LogP contribution is -1.98. The number of fused-ring (bicyclic) bond motifs is 4. The van der Waals surface area contributed by atoms with Gasteiger partial charge in [-0.3, -0.25) is 0 Å². The van der Waals surface area contributed by atoms with Crippen LogP contribution in [0.3, 0.4) is 0 Å². The van der Waals surface area contributed by atoms with Crippen LogP contribution in [0.4, 0.5) is 5.69 Å². The molecule has 10 rings (SSSR count). The molecule has 0 spiro atoms. The average Bonchev–Trinajstić information content (AvgIpc) is 3.69. The first kappa shape index (κ1) is 32.1. The smallest absolute Gasteiger partial charge is 0.187 e. The minimum absolute atomic E-state index is 0.650. The van der Waals surface area contributed by atoms with Crippen LogP contribution in [0.15, 0.2) is 194 Å². The van der Waals surface area contributed by atoms with Gasteiger partial charge in [-0.2, -0.15) is 4.80 Å². The first-order valence-corrected chi connectivity index (χ1v) is 18.4. The minimum Gasteiger partial charge on any atom is -0.238 e. The summed E-state index contributed by atoms with van der Waals surface area (Å²) in [6.07, 6.45) is 0. The van der Waals surface area contributed by atoms with Crippen LogP contribution in [0.5, 0.6) is 0 Å². The second kappa shape index (κ2) is 13.4. The first-order valence-electron chi connectivity index (χ1n) is 18.4. The highest BCUT2D eigenvalue weighted by Gasteiger charge is 2.15. The lowest BCUT2D eigenvalue weighted by Gasteiger charge is -2.12. The van der Waals surface area contributed by atoms with Gasteiger partial charge in [0.1, 0.15) is 11.0 Å². The van der Waals surface area contributed by atoms with E-state index in [1.165, 1.54) is 27.1 Å². The van der Waals surface area contributed by atoms with Crippen molar-refractivity contribution in [2.24, 2.45) is 0 Å². The molecule has 0 amide bonds. The van der Waals surface area contributed by atoms with Crippen molar-refractivity contribution in [1.82, 2.24) is 15.0 Å². The van der Waals surface area contributed by atoms with Crippen molar-refractivity contribution < 1.29 is 0 Å². The van der Waals surface area contributed by atoms with Gasteiger partial charge in [-0.15, -0.1) is 10.2 Å². The second-order valence-corrected chi connectivity index (χ2v) is 13.8. The first-order chi connectivity index (χ1) is 27.2. The van der Waals surface area contributed by atoms with Crippen molar-refractivity contribution in [3.8, 4) is 61.3 Å². The van der Waals surface area contributed by atoms with E-state index in [0.717, 1.165) is 66.8 Å². The Kier molecular flexibility index (Phi) is 7.83. The third kappa shape index (κ3) is 5.91. The predicted molar refractivity (Wildman–Crippen MR) is 227 cm³/mol. The molecule has 0 N–H and O–H groups in total. The molecule has 0 aliphatic heterocycles. The number of rotatable bonds is 6. The number of hydrogen-bond donors (Lipinski definition) is 0. The Morgan fingerprint density at radius 2 is 0.800 bits per heavy atom. The molecule has 10 aromatic rings. The summed E-state index contributed by atoms with van der Waals surface area (Å²) >= 11 is 0. The fourth-order valence-corrected chi connectivity index (χ4v) is 7.67. The molecule has 0 saturated carbocycles. The van der Waals surface area contributed by atoms with Gasteiger partial charge in [-0.05, 0) is 108 Å². The molecule has 0 fully saturated rings. The van der Waals surface area contributed by atoms with E-state index in [4.69, 9.17) is 16.8 Å². The highest BCUT2D eigenvalue weighted by Crippen LogP contribution is 2.38. The molecule has 0 radical (unpaired) electrons. The largest absolute Gasteiger partial charge is 0.238 e. The Bertz CT molecular complexity index is 3040. The number of aromatic nitrogens is 3. The predicted octanol–water partition coefficient (Wildman–Crippen LogP) is 13.6. The molecular formula is C51H32N4. The number of hydrogen-bond acceptors (Lipinski definition) is 2. The normalized spacial score (nSPS) is 11.3. The fourth-order valence-electron chi connectivity index (χ4n) is 7.67. The third-order valence-electron chi connectivity index (χ3n) is 10.5. The highest BCUT2D eigenvalue weighted by atomic mass is 15.5. The molecule has 256 valence electrons. The highest BCUT2D eigenvalue weighted by molar-refractivity contribution is 6.13. The summed E-state index contributed by atoms with van der Waals surface area (Å²) in [6, 6.07) is 68.0. The maximum atomic E-state index is 7.22. The lowest BCUT2D eigenvalue weighted by molar-refractivity contribution is 0.766. The van der Waals surface area contributed by atoms with E-state index in [9.17, 15) is 0 Å². The summed E-state index contributed by atoms with van der Waals surface area (Å²) < 4.78 is 0. The molecular weight excluding hydrogens is 669 g/mol. The average molecular weight is 701 g/mol. The summed E-state index contributed by atoms with van der Waals surface area (Å²) in [6.45, 7) is 7.22. The van der Waals surface area contributed by atoms with Crippen molar-refractivity contribution in [2.45, 2.75) is 0 Å². The summed E-state index contributed by atoms with van der Waals surface area (Å²) in [7, 11) is 0. The van der Waals surface area contributed by atoms with Crippen LogP contribution in [-0.2, 0) is 0 Å². The topological polar surface area (TPSA) is 35.1 Å². The Morgan fingerprint density at radius 1 is 0.364 bits per heavy atom. The van der Waals surface area contributed by atoms with E-state index in [1.54, 1.807) is 4.80 Å². The maximum Gasteiger partial charge on any atom is 0.187 e. The van der Waals surface area contributed by atoms with Gasteiger partial charge < -0.3 is 0 Å². The molecule has 0 unspecified atom stereocenters. The molecule has 55 heavy (non-hydrogen) atoms. The van der Waals surface area contributed by atoms with Gasteiger partial charge in [-0.25, -0.2) is 4.85 Å². The Hall–Kier alpha value is -7.61. The van der Waals surface area contributed by atoms with Crippen molar-refractivity contribution in [2.75, 3.05) is 0 Å². The van der Waals surface area contributed by atoms with Crippen LogP contribution >= 0.6 is 0 Å². The molecule has 1 heterocycles. The van der Waals surface area contributed by atoms with Crippen LogP contribution in [0.25, 0.3) is 98.7 Å². The monoisotopic (exact) mass is 700 g/mol. The zero-order chi connectivity index (χ0) is 36.7. The Balaban J connectivity index is 0.985. The SMILES string of the molecule is [C-]#[N+]c1ccc(-c2ccc(-c3ccc(-c4cc5nn(-c6ccc(-c7cc8ccccc8c8ccccc78)cc6)nc5cc4-c4ccccc4)cc3)cc2)cc1. The molecule has 0 aliphatic rings. The zero-order valence-corrected chi connectivity index (χ0v) is 29.8. The fraction of sp³-hybridized carbons (Fsp3) is 0. The molecule has 4 nitrogen and oxygen atoms in total. The summed E-state index contributed by atoms with van der Waals surface area (Å²) in [5.74, 6) is 0. The third-order valence-corrected chi connectivity index (χ3v) is 10.5. The van der Waals surface area contributed by atoms with Crippen LogP contribution < -0.4 is 0 Å². The Labute approximate surface area is 319 Å². The quantitative estimate of drug-likeness (QED) is 0.128. The molecule has 0 bridgehead atoms. The van der Waals surface area contributed by atoms with Crippen LogP contribution in [0.1, 0.15) is 0 Å². The van der Waals surface area contributed by atoms with E-state index >= 15 is 0 Å². The van der Waals surface area contributed by atoms with Crippen LogP contribution in [0, 0.1) is 6.57 Å². The molecule has 0 atom stereocenters. The maximum absolute atomic E-state index is 7.22. The van der Waals surface area contributed by atoms with Crippen LogP contribution in [0.2, 0.25) is 0 Å². The summed E-state index contributed by atoms with van der Waals surface area (Å²) in [5.41, 5.74) is 14.6. The van der Waals surface area contributed by atoms with Crippen molar-refractivity contribution in [3.05, 3.63) is 206 Å². The van der Waals surface area contributed by atoms with E-state index in [2.05, 4.69) is 169 Å². The van der Waals surface area contributed by atoms with Crippen LogP contribution in [-0.4, -0.2) is 15.0 Å². The lowest BCUT2D eigenvalue weighted by atomic mass is 9.92. The molecule has 0 saturated heterocycles. The van der Waals surface area contributed by atoms with Gasteiger partial charge in [-0.1, -0.05) is 164 Å². The van der Waals surface area contributed by atoms with Crippen molar-refractivity contribution >= 4 is 38.3 Å². The van der Waals surface area contributed by atoms with Gasteiger partial charge in [0, 0.05) is 0 Å². The zero-order valence-electron chi connectivity index (χ0n) is 29.8. The van der Waals surface area contributed by atoms with Gasteiger partial charge in [0.15, 0.2) is 5.69 Å². The van der Waals surface area contributed by atoms with Gasteiger partial charge >= 0.3 is 0 Å². The van der Waals surface area contributed by atoms with Gasteiger partial charge in [0.2, 0.25) is 0 Å². The molecule has 9 aromatic carbocycles. The van der Waals surface area contributed by atoms with Gasteiger partial charge in [0.25, 0.3) is 0 Å².